The van der Waals surface area contributed by atoms with E-state index < -0.39 is 11.7 Å². The van der Waals surface area contributed by atoms with Gasteiger partial charge in [0.05, 0.1) is 33.6 Å². The van der Waals surface area contributed by atoms with Gasteiger partial charge in [-0.2, -0.15) is 13.2 Å². The monoisotopic (exact) mass is 353 g/mol. The second kappa shape index (κ2) is 5.46. The van der Waals surface area contributed by atoms with Gasteiger partial charge in [-0.3, -0.25) is 0 Å². The Morgan fingerprint density at radius 3 is 2.58 bits per heavy atom. The third-order valence-corrected chi connectivity index (χ3v) is 3.46. The van der Waals surface area contributed by atoms with Crippen LogP contribution < -0.4 is 5.32 Å². The first-order chi connectivity index (χ1) is 8.88. The van der Waals surface area contributed by atoms with Gasteiger partial charge in [-0.25, -0.2) is 0 Å². The first-order valence-electron chi connectivity index (χ1n) is 5.20. The summed E-state index contributed by atoms with van der Waals surface area (Å²) in [5, 5.41) is 3.03. The first-order valence-corrected chi connectivity index (χ1v) is 6.37. The van der Waals surface area contributed by atoms with Crippen LogP contribution in [0.15, 0.2) is 39.4 Å². The molecule has 1 heterocycles. The number of rotatable bonds is 3. The van der Waals surface area contributed by atoms with Crippen molar-refractivity contribution in [1.82, 2.24) is 0 Å². The molecule has 0 unspecified atom stereocenters. The van der Waals surface area contributed by atoms with Crippen LogP contribution in [-0.2, 0) is 12.7 Å². The van der Waals surface area contributed by atoms with Gasteiger partial charge in [0.2, 0.25) is 0 Å². The van der Waals surface area contributed by atoms with Crippen molar-refractivity contribution in [3.05, 3.63) is 51.3 Å². The highest BCUT2D eigenvalue weighted by atomic mass is 79.9. The van der Waals surface area contributed by atoms with Crippen LogP contribution in [-0.4, -0.2) is 0 Å². The Kier molecular flexibility index (Phi) is 4.10. The molecule has 1 N–H and O–H groups in total. The third kappa shape index (κ3) is 3.45. The molecular formula is C12H8BrClF3NO. The quantitative estimate of drug-likeness (QED) is 0.806. The van der Waals surface area contributed by atoms with Gasteiger partial charge >= 0.3 is 6.18 Å². The number of hydrogen-bond donors (Lipinski definition) is 1. The molecule has 102 valence electrons. The molecule has 2 rings (SSSR count). The van der Waals surface area contributed by atoms with E-state index in [4.69, 9.17) is 16.0 Å². The van der Waals surface area contributed by atoms with Gasteiger partial charge in [0, 0.05) is 0 Å². The van der Waals surface area contributed by atoms with Gasteiger partial charge in [0.15, 0.2) is 0 Å². The molecule has 19 heavy (non-hydrogen) atoms. The fourth-order valence-corrected chi connectivity index (χ4v) is 1.99. The molecule has 0 bridgehead atoms. The Hall–Kier alpha value is -1.14. The second-order valence-corrected chi connectivity index (χ2v) is 5.00. The highest BCUT2D eigenvalue weighted by Gasteiger charge is 2.30. The van der Waals surface area contributed by atoms with Gasteiger partial charge in [0.1, 0.15) is 5.76 Å². The molecule has 1 aromatic heterocycles. The van der Waals surface area contributed by atoms with E-state index in [9.17, 15) is 13.2 Å². The van der Waals surface area contributed by atoms with Crippen molar-refractivity contribution in [2.45, 2.75) is 12.7 Å². The SMILES string of the molecule is FC(F)(F)c1ccc(Cl)c(NCc2occc2Br)c1. The topological polar surface area (TPSA) is 25.2 Å². The zero-order valence-electron chi connectivity index (χ0n) is 9.39. The lowest BCUT2D eigenvalue weighted by molar-refractivity contribution is -0.137. The Bertz CT molecular complexity index is 583. The summed E-state index contributed by atoms with van der Waals surface area (Å²) in [6.45, 7) is 0.231. The van der Waals surface area contributed by atoms with Gasteiger partial charge in [-0.1, -0.05) is 11.6 Å². The molecule has 0 saturated carbocycles. The lowest BCUT2D eigenvalue weighted by Gasteiger charge is -2.11. The van der Waals surface area contributed by atoms with Crippen LogP contribution in [0.4, 0.5) is 18.9 Å². The van der Waals surface area contributed by atoms with Crippen molar-refractivity contribution < 1.29 is 17.6 Å². The highest BCUT2D eigenvalue weighted by Crippen LogP contribution is 2.34. The molecule has 0 fully saturated rings. The number of furan rings is 1. The van der Waals surface area contributed by atoms with Gasteiger partial charge in [-0.15, -0.1) is 0 Å². The number of halogens is 5. The molecule has 2 aromatic rings. The summed E-state index contributed by atoms with van der Waals surface area (Å²) >= 11 is 9.11. The number of benzene rings is 1. The molecule has 1 aromatic carbocycles. The number of hydrogen-bond acceptors (Lipinski definition) is 2. The molecular weight excluding hydrogens is 346 g/mol. The van der Waals surface area contributed by atoms with E-state index in [0.29, 0.717) is 5.76 Å². The van der Waals surface area contributed by atoms with Crippen LogP contribution in [0.25, 0.3) is 0 Å². The van der Waals surface area contributed by atoms with Crippen molar-refractivity contribution in [2.24, 2.45) is 0 Å². The van der Waals surface area contributed by atoms with E-state index in [2.05, 4.69) is 21.2 Å². The summed E-state index contributed by atoms with van der Waals surface area (Å²) in [4.78, 5) is 0. The zero-order valence-corrected chi connectivity index (χ0v) is 11.7. The largest absolute Gasteiger partial charge is 0.466 e. The predicted octanol–water partition coefficient (Wildman–Crippen LogP) is 5.33. The molecule has 0 radical (unpaired) electrons. The van der Waals surface area contributed by atoms with Crippen molar-refractivity contribution in [1.29, 1.82) is 0 Å². The lowest BCUT2D eigenvalue weighted by atomic mass is 10.2. The smallest absolute Gasteiger partial charge is 0.416 e. The van der Waals surface area contributed by atoms with Crippen LogP contribution >= 0.6 is 27.5 Å². The zero-order chi connectivity index (χ0) is 14.0. The Morgan fingerprint density at radius 2 is 2.00 bits per heavy atom. The average molecular weight is 355 g/mol. The number of nitrogens with one attached hydrogen (secondary N) is 1. The Labute approximate surface area is 120 Å². The predicted molar refractivity (Wildman–Crippen MR) is 70.2 cm³/mol. The summed E-state index contributed by atoms with van der Waals surface area (Å²) in [6, 6.07) is 4.82. The minimum Gasteiger partial charge on any atom is -0.466 e. The number of alkyl halides is 3. The van der Waals surface area contributed by atoms with Gasteiger partial charge in [-0.05, 0) is 40.2 Å². The van der Waals surface area contributed by atoms with E-state index in [1.165, 1.54) is 12.3 Å². The van der Waals surface area contributed by atoms with Gasteiger partial charge < -0.3 is 9.73 Å². The minimum absolute atomic E-state index is 0.208. The maximum Gasteiger partial charge on any atom is 0.416 e. The van der Waals surface area contributed by atoms with Crippen LogP contribution in [0.3, 0.4) is 0 Å². The van der Waals surface area contributed by atoms with E-state index >= 15 is 0 Å². The second-order valence-electron chi connectivity index (χ2n) is 3.74. The molecule has 0 aliphatic heterocycles. The fourth-order valence-electron chi connectivity index (χ4n) is 1.46. The normalized spacial score (nSPS) is 11.6. The van der Waals surface area contributed by atoms with Crippen molar-refractivity contribution in [2.75, 3.05) is 5.32 Å². The van der Waals surface area contributed by atoms with Crippen LogP contribution in [0.1, 0.15) is 11.3 Å². The molecule has 0 aliphatic carbocycles. The van der Waals surface area contributed by atoms with E-state index in [1.807, 2.05) is 0 Å². The summed E-state index contributed by atoms with van der Waals surface area (Å²) in [5.41, 5.74) is -0.544. The van der Waals surface area contributed by atoms with Crippen LogP contribution in [0, 0.1) is 0 Å². The Morgan fingerprint density at radius 1 is 1.26 bits per heavy atom. The molecule has 7 heteroatoms. The first kappa shape index (κ1) is 14.3. The van der Waals surface area contributed by atoms with Crippen molar-refractivity contribution in [3.63, 3.8) is 0 Å². The molecule has 2 nitrogen and oxygen atoms in total. The van der Waals surface area contributed by atoms with Crippen LogP contribution in [0.5, 0.6) is 0 Å². The van der Waals surface area contributed by atoms with E-state index in [0.717, 1.165) is 16.6 Å². The summed E-state index contributed by atoms with van der Waals surface area (Å²) in [7, 11) is 0. The average Bonchev–Trinajstić information content (AvgIpc) is 2.72. The van der Waals surface area contributed by atoms with E-state index in [-0.39, 0.29) is 17.3 Å². The molecule has 0 spiro atoms. The summed E-state index contributed by atoms with van der Waals surface area (Å²) in [5.74, 6) is 0.577. The maximum absolute atomic E-state index is 12.6. The van der Waals surface area contributed by atoms with Crippen LogP contribution in [0.2, 0.25) is 5.02 Å². The number of anilines is 1. The standard InChI is InChI=1S/C12H8BrClF3NO/c13-8-3-4-19-11(8)6-18-10-5-7(12(15,16)17)1-2-9(10)14/h1-5,18H,6H2. The lowest BCUT2D eigenvalue weighted by Crippen LogP contribution is -2.07. The highest BCUT2D eigenvalue weighted by molar-refractivity contribution is 9.10. The molecule has 0 atom stereocenters. The van der Waals surface area contributed by atoms with Crippen molar-refractivity contribution in [3.8, 4) is 0 Å². The molecule has 0 saturated heterocycles. The maximum atomic E-state index is 12.6. The fraction of sp³-hybridized carbons (Fsp3) is 0.167. The molecule has 0 aliphatic rings. The third-order valence-electron chi connectivity index (χ3n) is 2.42. The van der Waals surface area contributed by atoms with Gasteiger partial charge in [0.25, 0.3) is 0 Å². The minimum atomic E-state index is -4.40. The van der Waals surface area contributed by atoms with E-state index in [1.54, 1.807) is 6.07 Å². The Balaban J connectivity index is 2.18. The van der Waals surface area contributed by atoms with Crippen molar-refractivity contribution >= 4 is 33.2 Å². The molecule has 0 amide bonds. The summed E-state index contributed by atoms with van der Waals surface area (Å²) in [6.07, 6.45) is -2.92. The summed E-state index contributed by atoms with van der Waals surface area (Å²) < 4.78 is 43.6.